The van der Waals surface area contributed by atoms with Gasteiger partial charge in [-0.15, -0.1) is 0 Å². The Balaban J connectivity index is 2.92. The van der Waals surface area contributed by atoms with Gasteiger partial charge in [0, 0.05) is 19.3 Å². The lowest BCUT2D eigenvalue weighted by atomic mass is 9.78. The lowest BCUT2D eigenvalue weighted by Gasteiger charge is -2.36. The Morgan fingerprint density at radius 1 is 1.24 bits per heavy atom. The molecule has 0 saturated heterocycles. The van der Waals surface area contributed by atoms with Gasteiger partial charge in [-0.2, -0.15) is 0 Å². The van der Waals surface area contributed by atoms with Crippen molar-refractivity contribution in [3.63, 3.8) is 0 Å². The van der Waals surface area contributed by atoms with E-state index >= 15 is 0 Å². The lowest BCUT2D eigenvalue weighted by molar-refractivity contribution is -0.143. The Labute approximate surface area is 128 Å². The van der Waals surface area contributed by atoms with E-state index in [0.717, 1.165) is 31.4 Å². The first kappa shape index (κ1) is 17.6. The summed E-state index contributed by atoms with van der Waals surface area (Å²) in [7, 11) is 0. The van der Waals surface area contributed by atoms with Crippen molar-refractivity contribution in [3.05, 3.63) is 30.1 Å². The van der Waals surface area contributed by atoms with E-state index in [9.17, 15) is 4.79 Å². The monoisotopic (exact) mass is 291 g/mol. The molecule has 1 aromatic rings. The fraction of sp³-hybridized carbons (Fsp3) is 0.647. The molecule has 21 heavy (non-hydrogen) atoms. The van der Waals surface area contributed by atoms with Crippen molar-refractivity contribution in [1.82, 2.24) is 9.88 Å². The SMILES string of the molecule is CCCC(CN)(CCC)C(=O)N(CC)Cc1ccccn1. The van der Waals surface area contributed by atoms with E-state index in [0.29, 0.717) is 19.6 Å². The molecule has 0 unspecified atom stereocenters. The number of rotatable bonds is 9. The van der Waals surface area contributed by atoms with Gasteiger partial charge >= 0.3 is 0 Å². The van der Waals surface area contributed by atoms with Crippen molar-refractivity contribution in [2.24, 2.45) is 11.1 Å². The molecule has 1 rings (SSSR count). The van der Waals surface area contributed by atoms with Gasteiger partial charge in [0.15, 0.2) is 0 Å². The molecular formula is C17H29N3O. The minimum absolute atomic E-state index is 0.182. The Hall–Kier alpha value is -1.42. The predicted octanol–water partition coefficient (Wildman–Crippen LogP) is 2.98. The molecule has 4 heteroatoms. The zero-order valence-corrected chi connectivity index (χ0v) is 13.6. The molecule has 0 aliphatic rings. The van der Waals surface area contributed by atoms with Gasteiger partial charge in [-0.3, -0.25) is 9.78 Å². The normalized spacial score (nSPS) is 11.4. The van der Waals surface area contributed by atoms with E-state index in [1.807, 2.05) is 30.0 Å². The summed E-state index contributed by atoms with van der Waals surface area (Å²) < 4.78 is 0. The number of amides is 1. The molecule has 0 radical (unpaired) electrons. The Kier molecular flexibility index (Phi) is 7.37. The molecular weight excluding hydrogens is 262 g/mol. The maximum absolute atomic E-state index is 13.0. The van der Waals surface area contributed by atoms with Crippen molar-refractivity contribution in [2.75, 3.05) is 13.1 Å². The largest absolute Gasteiger partial charge is 0.337 e. The van der Waals surface area contributed by atoms with Gasteiger partial charge in [0.1, 0.15) is 0 Å². The number of nitrogens with two attached hydrogens (primary N) is 1. The van der Waals surface area contributed by atoms with Crippen LogP contribution in [0.5, 0.6) is 0 Å². The van der Waals surface area contributed by atoms with Gasteiger partial charge in [-0.25, -0.2) is 0 Å². The molecule has 0 saturated carbocycles. The highest BCUT2D eigenvalue weighted by atomic mass is 16.2. The standard InChI is InChI=1S/C17H29N3O/c1-4-10-17(14-18,11-5-2)16(21)20(6-3)13-15-9-7-8-12-19-15/h7-9,12H,4-6,10-11,13-14,18H2,1-3H3. The van der Waals surface area contributed by atoms with Gasteiger partial charge in [0.2, 0.25) is 5.91 Å². The molecule has 0 aromatic carbocycles. The molecule has 4 nitrogen and oxygen atoms in total. The number of aromatic nitrogens is 1. The van der Waals surface area contributed by atoms with E-state index in [4.69, 9.17) is 5.73 Å². The van der Waals surface area contributed by atoms with Crippen LogP contribution >= 0.6 is 0 Å². The topological polar surface area (TPSA) is 59.2 Å². The third-order valence-corrected chi connectivity index (χ3v) is 4.05. The number of hydrogen-bond donors (Lipinski definition) is 1. The number of carbonyl (C=O) groups is 1. The van der Waals surface area contributed by atoms with Crippen LogP contribution in [-0.2, 0) is 11.3 Å². The van der Waals surface area contributed by atoms with Crippen molar-refractivity contribution in [1.29, 1.82) is 0 Å². The number of nitrogens with zero attached hydrogens (tertiary/aromatic N) is 2. The molecule has 0 fully saturated rings. The Morgan fingerprint density at radius 2 is 1.90 bits per heavy atom. The third-order valence-electron chi connectivity index (χ3n) is 4.05. The molecule has 0 aliphatic heterocycles. The first-order chi connectivity index (χ1) is 10.1. The second kappa shape index (κ2) is 8.78. The van der Waals surface area contributed by atoms with Crippen molar-refractivity contribution in [3.8, 4) is 0 Å². The first-order valence-electron chi connectivity index (χ1n) is 8.02. The van der Waals surface area contributed by atoms with Crippen LogP contribution in [-0.4, -0.2) is 28.9 Å². The van der Waals surface area contributed by atoms with Crippen LogP contribution in [0.15, 0.2) is 24.4 Å². The van der Waals surface area contributed by atoms with Gasteiger partial charge < -0.3 is 10.6 Å². The minimum atomic E-state index is -0.408. The Bertz CT molecular complexity index is 413. The van der Waals surface area contributed by atoms with E-state index in [1.165, 1.54) is 0 Å². The van der Waals surface area contributed by atoms with E-state index in [1.54, 1.807) is 6.20 Å². The zero-order valence-electron chi connectivity index (χ0n) is 13.6. The molecule has 0 bridgehead atoms. The highest BCUT2D eigenvalue weighted by Gasteiger charge is 2.38. The molecule has 0 aliphatic carbocycles. The molecule has 1 aromatic heterocycles. The minimum Gasteiger partial charge on any atom is -0.337 e. The van der Waals surface area contributed by atoms with Crippen molar-refractivity contribution in [2.45, 2.75) is 53.0 Å². The summed E-state index contributed by atoms with van der Waals surface area (Å²) >= 11 is 0. The van der Waals surface area contributed by atoms with Crippen LogP contribution in [0.3, 0.4) is 0 Å². The van der Waals surface area contributed by atoms with Gasteiger partial charge in [-0.05, 0) is 31.9 Å². The smallest absolute Gasteiger partial charge is 0.230 e. The predicted molar refractivity (Wildman–Crippen MR) is 86.6 cm³/mol. The third kappa shape index (κ3) is 4.53. The second-order valence-electron chi connectivity index (χ2n) is 5.62. The summed E-state index contributed by atoms with van der Waals surface area (Å²) in [5.41, 5.74) is 6.52. The van der Waals surface area contributed by atoms with Crippen LogP contribution in [0.25, 0.3) is 0 Å². The molecule has 2 N–H and O–H groups in total. The average molecular weight is 291 g/mol. The van der Waals surface area contributed by atoms with Gasteiger partial charge in [-0.1, -0.05) is 32.8 Å². The number of hydrogen-bond acceptors (Lipinski definition) is 3. The highest BCUT2D eigenvalue weighted by molar-refractivity contribution is 5.83. The summed E-state index contributed by atoms with van der Waals surface area (Å²) in [4.78, 5) is 19.2. The van der Waals surface area contributed by atoms with Crippen molar-refractivity contribution >= 4 is 5.91 Å². The molecule has 0 atom stereocenters. The number of carbonyl (C=O) groups excluding carboxylic acids is 1. The van der Waals surface area contributed by atoms with Gasteiger partial charge in [0.05, 0.1) is 17.7 Å². The summed E-state index contributed by atoms with van der Waals surface area (Å²) in [5, 5.41) is 0. The van der Waals surface area contributed by atoms with E-state index < -0.39 is 5.41 Å². The molecule has 118 valence electrons. The zero-order chi connectivity index (χ0) is 15.7. The first-order valence-corrected chi connectivity index (χ1v) is 8.02. The second-order valence-corrected chi connectivity index (χ2v) is 5.62. The maximum atomic E-state index is 13.0. The highest BCUT2D eigenvalue weighted by Crippen LogP contribution is 2.31. The number of pyridine rings is 1. The summed E-state index contributed by atoms with van der Waals surface area (Å²) in [6, 6.07) is 5.80. The van der Waals surface area contributed by atoms with E-state index in [2.05, 4.69) is 18.8 Å². The maximum Gasteiger partial charge on any atom is 0.230 e. The van der Waals surface area contributed by atoms with E-state index in [-0.39, 0.29) is 5.91 Å². The van der Waals surface area contributed by atoms with Gasteiger partial charge in [0.25, 0.3) is 0 Å². The van der Waals surface area contributed by atoms with Crippen LogP contribution in [0, 0.1) is 5.41 Å². The quantitative estimate of drug-likeness (QED) is 0.761. The average Bonchev–Trinajstić information content (AvgIpc) is 2.52. The summed E-state index contributed by atoms with van der Waals surface area (Å²) in [6.45, 7) is 7.91. The van der Waals surface area contributed by atoms with Crippen LogP contribution in [0.1, 0.15) is 52.1 Å². The fourth-order valence-electron chi connectivity index (χ4n) is 2.94. The lowest BCUT2D eigenvalue weighted by Crippen LogP contribution is -2.48. The van der Waals surface area contributed by atoms with Crippen LogP contribution < -0.4 is 5.73 Å². The fourth-order valence-corrected chi connectivity index (χ4v) is 2.94. The molecule has 1 heterocycles. The summed E-state index contributed by atoms with van der Waals surface area (Å²) in [5.74, 6) is 0.182. The van der Waals surface area contributed by atoms with Crippen LogP contribution in [0.4, 0.5) is 0 Å². The van der Waals surface area contributed by atoms with Crippen LogP contribution in [0.2, 0.25) is 0 Å². The molecule has 0 spiro atoms. The summed E-state index contributed by atoms with van der Waals surface area (Å²) in [6.07, 6.45) is 5.43. The molecule has 1 amide bonds. The Morgan fingerprint density at radius 3 is 2.33 bits per heavy atom. The van der Waals surface area contributed by atoms with Crippen molar-refractivity contribution < 1.29 is 4.79 Å².